The smallest absolute Gasteiger partial charge is 0.140 e. The van der Waals surface area contributed by atoms with E-state index in [2.05, 4.69) is 109 Å². The average Bonchev–Trinajstić information content (AvgIpc) is 3.28. The standard InChI is InChI=1S/C24H15Br2N3/c1-12-21(17-4-2-3-5-20(17)27-12)24-28-22-18-10-13(25)6-8-15(18)16-9-7-14(26)11-19(16)23(22)29-24/h2-11,27H,1H3,(H,28,29). The molecule has 3 nitrogen and oxygen atoms in total. The van der Waals surface area contributed by atoms with E-state index in [9.17, 15) is 0 Å². The van der Waals surface area contributed by atoms with Gasteiger partial charge in [-0.05, 0) is 48.0 Å². The number of fused-ring (bicyclic) bond motifs is 7. The molecule has 0 aliphatic rings. The highest BCUT2D eigenvalue weighted by Gasteiger charge is 2.18. The van der Waals surface area contributed by atoms with E-state index in [-0.39, 0.29) is 0 Å². The van der Waals surface area contributed by atoms with E-state index in [1.165, 1.54) is 21.5 Å². The van der Waals surface area contributed by atoms with Crippen molar-refractivity contribution in [2.45, 2.75) is 6.92 Å². The number of aromatic amines is 2. The third-order valence-electron chi connectivity index (χ3n) is 5.61. The monoisotopic (exact) mass is 503 g/mol. The van der Waals surface area contributed by atoms with Crippen LogP contribution in [-0.2, 0) is 0 Å². The Morgan fingerprint density at radius 2 is 1.41 bits per heavy atom. The van der Waals surface area contributed by atoms with Crippen LogP contribution in [0.15, 0.2) is 69.6 Å². The maximum absolute atomic E-state index is 5.10. The number of para-hydroxylation sites is 1. The number of aromatic nitrogens is 3. The Morgan fingerprint density at radius 1 is 0.724 bits per heavy atom. The minimum Gasteiger partial charge on any atom is -0.358 e. The Labute approximate surface area is 183 Å². The first-order chi connectivity index (χ1) is 14.1. The number of imidazole rings is 1. The summed E-state index contributed by atoms with van der Waals surface area (Å²) in [6.07, 6.45) is 0. The molecule has 0 saturated heterocycles. The lowest BCUT2D eigenvalue weighted by Gasteiger charge is -2.07. The molecule has 6 aromatic rings. The fourth-order valence-electron chi connectivity index (χ4n) is 4.37. The Morgan fingerprint density at radius 3 is 2.21 bits per heavy atom. The van der Waals surface area contributed by atoms with Crippen LogP contribution < -0.4 is 0 Å². The number of benzene rings is 4. The normalized spacial score (nSPS) is 12.0. The van der Waals surface area contributed by atoms with Crippen molar-refractivity contribution in [3.05, 3.63) is 75.3 Å². The summed E-state index contributed by atoms with van der Waals surface area (Å²) in [6.45, 7) is 2.10. The van der Waals surface area contributed by atoms with Crippen molar-refractivity contribution in [3.8, 4) is 11.4 Å². The molecule has 6 rings (SSSR count). The number of halogens is 2. The molecule has 29 heavy (non-hydrogen) atoms. The van der Waals surface area contributed by atoms with Crippen molar-refractivity contribution in [1.82, 2.24) is 15.0 Å². The number of nitrogens with zero attached hydrogens (tertiary/aromatic N) is 1. The third-order valence-corrected chi connectivity index (χ3v) is 6.60. The van der Waals surface area contributed by atoms with E-state index in [4.69, 9.17) is 4.98 Å². The molecular formula is C24H15Br2N3. The number of hydrogen-bond acceptors (Lipinski definition) is 1. The van der Waals surface area contributed by atoms with Gasteiger partial charge in [0.15, 0.2) is 0 Å². The van der Waals surface area contributed by atoms with E-state index < -0.39 is 0 Å². The summed E-state index contributed by atoms with van der Waals surface area (Å²) in [6, 6.07) is 21.2. The first-order valence-electron chi connectivity index (χ1n) is 9.38. The van der Waals surface area contributed by atoms with Gasteiger partial charge >= 0.3 is 0 Å². The zero-order valence-electron chi connectivity index (χ0n) is 15.5. The van der Waals surface area contributed by atoms with Gasteiger partial charge in [-0.25, -0.2) is 4.98 Å². The third kappa shape index (κ3) is 2.51. The second-order valence-electron chi connectivity index (χ2n) is 7.36. The van der Waals surface area contributed by atoms with Gasteiger partial charge in [-0.15, -0.1) is 0 Å². The number of hydrogen-bond donors (Lipinski definition) is 2. The molecule has 2 aromatic heterocycles. The first kappa shape index (κ1) is 17.2. The lowest BCUT2D eigenvalue weighted by molar-refractivity contribution is 1.26. The van der Waals surface area contributed by atoms with E-state index in [1.54, 1.807) is 0 Å². The molecule has 0 aliphatic heterocycles. The van der Waals surface area contributed by atoms with E-state index in [0.717, 1.165) is 48.0 Å². The van der Waals surface area contributed by atoms with Crippen LogP contribution in [0.4, 0.5) is 0 Å². The molecule has 0 atom stereocenters. The van der Waals surface area contributed by atoms with E-state index in [1.807, 2.05) is 0 Å². The fourth-order valence-corrected chi connectivity index (χ4v) is 5.09. The molecule has 5 heteroatoms. The highest BCUT2D eigenvalue weighted by Crippen LogP contribution is 2.39. The molecule has 0 radical (unpaired) electrons. The maximum Gasteiger partial charge on any atom is 0.140 e. The lowest BCUT2D eigenvalue weighted by Crippen LogP contribution is -1.82. The van der Waals surface area contributed by atoms with E-state index in [0.29, 0.717) is 0 Å². The second kappa shape index (κ2) is 6.18. The molecule has 0 spiro atoms. The van der Waals surface area contributed by atoms with Crippen LogP contribution in [0.1, 0.15) is 5.69 Å². The Balaban J connectivity index is 1.80. The van der Waals surface area contributed by atoms with Crippen LogP contribution in [0.25, 0.3) is 54.9 Å². The minimum absolute atomic E-state index is 0.892. The fraction of sp³-hybridized carbons (Fsp3) is 0.0417. The van der Waals surface area contributed by atoms with Gasteiger partial charge in [0.1, 0.15) is 5.82 Å². The summed E-state index contributed by atoms with van der Waals surface area (Å²) < 4.78 is 2.11. The van der Waals surface area contributed by atoms with Crippen LogP contribution in [0.2, 0.25) is 0 Å². The summed E-state index contributed by atoms with van der Waals surface area (Å²) in [4.78, 5) is 12.2. The summed E-state index contributed by atoms with van der Waals surface area (Å²) in [5, 5.41) is 5.91. The van der Waals surface area contributed by atoms with Gasteiger partial charge in [0, 0.05) is 41.9 Å². The van der Waals surface area contributed by atoms with Gasteiger partial charge in [0.05, 0.1) is 11.0 Å². The topological polar surface area (TPSA) is 44.5 Å². The molecule has 0 fully saturated rings. The number of nitrogens with one attached hydrogen (secondary N) is 2. The molecule has 0 amide bonds. The predicted octanol–water partition coefficient (Wildman–Crippen LogP) is 7.85. The van der Waals surface area contributed by atoms with Crippen LogP contribution in [0.5, 0.6) is 0 Å². The van der Waals surface area contributed by atoms with Gasteiger partial charge < -0.3 is 9.97 Å². The SMILES string of the molecule is Cc1[nH]c2ccccc2c1-c1nc2c3cc(Br)ccc3c3ccc(Br)cc3c2[nH]1. The predicted molar refractivity (Wildman–Crippen MR) is 129 cm³/mol. The van der Waals surface area contributed by atoms with Crippen molar-refractivity contribution in [3.63, 3.8) is 0 Å². The molecule has 0 saturated carbocycles. The largest absolute Gasteiger partial charge is 0.358 e. The van der Waals surface area contributed by atoms with Crippen LogP contribution in [0.3, 0.4) is 0 Å². The van der Waals surface area contributed by atoms with Gasteiger partial charge in [0.2, 0.25) is 0 Å². The molecule has 0 bridgehead atoms. The maximum atomic E-state index is 5.10. The summed E-state index contributed by atoms with van der Waals surface area (Å²) in [5.41, 5.74) is 5.42. The zero-order valence-corrected chi connectivity index (χ0v) is 18.6. The lowest BCUT2D eigenvalue weighted by atomic mass is 10.0. The molecule has 2 heterocycles. The summed E-state index contributed by atoms with van der Waals surface area (Å²) in [7, 11) is 0. The van der Waals surface area contributed by atoms with Gasteiger partial charge in [-0.1, -0.05) is 62.2 Å². The Bertz CT molecular complexity index is 1510. The average molecular weight is 505 g/mol. The molecular weight excluding hydrogens is 490 g/mol. The highest BCUT2D eigenvalue weighted by atomic mass is 79.9. The van der Waals surface area contributed by atoms with Gasteiger partial charge in [-0.3, -0.25) is 0 Å². The number of aryl methyl sites for hydroxylation is 1. The number of H-pyrrole nitrogens is 2. The first-order valence-corrected chi connectivity index (χ1v) is 11.0. The van der Waals surface area contributed by atoms with Crippen molar-refractivity contribution in [1.29, 1.82) is 0 Å². The van der Waals surface area contributed by atoms with Crippen molar-refractivity contribution >= 4 is 75.3 Å². The Kier molecular flexibility index (Phi) is 3.68. The summed E-state index contributed by atoms with van der Waals surface area (Å²) >= 11 is 7.27. The summed E-state index contributed by atoms with van der Waals surface area (Å²) in [5.74, 6) is 0.892. The van der Waals surface area contributed by atoms with E-state index >= 15 is 0 Å². The molecule has 0 unspecified atom stereocenters. The molecule has 0 aliphatic carbocycles. The van der Waals surface area contributed by atoms with Crippen molar-refractivity contribution in [2.24, 2.45) is 0 Å². The quantitative estimate of drug-likeness (QED) is 0.220. The molecule has 2 N–H and O–H groups in total. The minimum atomic E-state index is 0.892. The Hall–Kier alpha value is -2.63. The molecule has 4 aromatic carbocycles. The van der Waals surface area contributed by atoms with Crippen LogP contribution in [0, 0.1) is 6.92 Å². The second-order valence-corrected chi connectivity index (χ2v) is 9.19. The van der Waals surface area contributed by atoms with Crippen LogP contribution >= 0.6 is 31.9 Å². The van der Waals surface area contributed by atoms with Crippen molar-refractivity contribution < 1.29 is 0 Å². The van der Waals surface area contributed by atoms with Crippen LogP contribution in [-0.4, -0.2) is 15.0 Å². The number of rotatable bonds is 1. The zero-order chi connectivity index (χ0) is 19.7. The van der Waals surface area contributed by atoms with Gasteiger partial charge in [-0.2, -0.15) is 0 Å². The van der Waals surface area contributed by atoms with Crippen molar-refractivity contribution in [2.75, 3.05) is 0 Å². The highest BCUT2D eigenvalue weighted by molar-refractivity contribution is 9.10. The molecule has 140 valence electrons. The van der Waals surface area contributed by atoms with Gasteiger partial charge in [0.25, 0.3) is 0 Å².